The SMILES string of the molecule is CCCC(=O)O[C@H]1[C@@H](OC)[C@H](O[C@@H]2C[C@@H]3C[C@H](OC(=O)CCC)[C@@]4(O)C[C@H](C[C@H](OC(C)=O)[C@@H]5C[C@H](C)[C@H](C/C=C\C=C\[C@H](C)C[C@H](C2)O3)O5)OC4=O)O[C@@H](C)[C@H]1OC(=O)CCC. The molecule has 6 bridgehead atoms. The Morgan fingerprint density at radius 2 is 1.37 bits per heavy atom. The largest absolute Gasteiger partial charge is 0.460 e. The summed E-state index contributed by atoms with van der Waals surface area (Å²) < 4.78 is 61.5. The Hall–Kier alpha value is -3.41. The van der Waals surface area contributed by atoms with Gasteiger partial charge in [-0.3, -0.25) is 19.2 Å². The van der Waals surface area contributed by atoms with Crippen molar-refractivity contribution in [2.75, 3.05) is 7.11 Å². The van der Waals surface area contributed by atoms with Gasteiger partial charge in [-0.25, -0.2) is 4.79 Å². The number of aliphatic hydroxyl groups is 1. The maximum atomic E-state index is 13.8. The van der Waals surface area contributed by atoms with Crippen molar-refractivity contribution < 1.29 is 76.4 Å². The molecular weight excluding hydrogens is 821 g/mol. The van der Waals surface area contributed by atoms with Crippen LogP contribution < -0.4 is 0 Å². The topological polar surface area (TPSA) is 198 Å². The highest BCUT2D eigenvalue weighted by molar-refractivity contribution is 5.83. The van der Waals surface area contributed by atoms with Crippen molar-refractivity contribution in [2.24, 2.45) is 11.8 Å². The summed E-state index contributed by atoms with van der Waals surface area (Å²) in [5.74, 6) is -2.74. The summed E-state index contributed by atoms with van der Waals surface area (Å²) in [7, 11) is 1.45. The maximum Gasteiger partial charge on any atom is 0.342 e. The minimum atomic E-state index is -2.24. The van der Waals surface area contributed by atoms with Gasteiger partial charge >= 0.3 is 29.8 Å². The molecule has 4 saturated heterocycles. The van der Waals surface area contributed by atoms with Crippen LogP contribution in [-0.4, -0.2) is 127 Å². The molecule has 5 aliphatic rings. The zero-order valence-electron chi connectivity index (χ0n) is 38.4. The standard InChI is InChI=1S/C47H72O16/c1-9-15-39(49)61-38-25-33-23-32(58-45-44(54-8)43(63-41(51)17-11-3)42(29(6)55-45)62-40(50)16-10-2)22-31(57-33)20-27(4)18-13-12-14-19-35-28(5)21-36(60-35)37(56-30(7)48)24-34-26-47(38,53)46(52)59-34/h12-14,18,27-29,31-38,42-45,53H,9-11,15-17,19-26H2,1-8H3/b14-12-,18-13+/t27-,28-,29-,31+,32-,33+,34-,35-,36-,37-,38-,42+,43+,44+,45-,47-/m0/s1. The number of esters is 5. The molecular formula is C47H72O16. The number of hydrogen-bond donors (Lipinski definition) is 1. The van der Waals surface area contributed by atoms with Crippen molar-refractivity contribution in [3.63, 3.8) is 0 Å². The minimum Gasteiger partial charge on any atom is -0.460 e. The number of fused-ring (bicyclic) bond motifs is 6. The van der Waals surface area contributed by atoms with Gasteiger partial charge < -0.3 is 52.5 Å². The van der Waals surface area contributed by atoms with Gasteiger partial charge in [-0.1, -0.05) is 58.9 Å². The van der Waals surface area contributed by atoms with Gasteiger partial charge in [-0.2, -0.15) is 0 Å². The molecule has 0 aliphatic carbocycles. The molecule has 4 fully saturated rings. The lowest BCUT2D eigenvalue weighted by atomic mass is 9.85. The van der Waals surface area contributed by atoms with E-state index in [9.17, 15) is 29.1 Å². The number of ether oxygens (including phenoxy) is 10. The van der Waals surface area contributed by atoms with E-state index in [1.54, 1.807) is 6.92 Å². The highest BCUT2D eigenvalue weighted by Gasteiger charge is 2.57. The molecule has 16 heteroatoms. The quantitative estimate of drug-likeness (QED) is 0.169. The van der Waals surface area contributed by atoms with Crippen LogP contribution in [0.5, 0.6) is 0 Å². The summed E-state index contributed by atoms with van der Waals surface area (Å²) >= 11 is 0. The molecule has 5 rings (SSSR count). The van der Waals surface area contributed by atoms with E-state index in [0.29, 0.717) is 44.9 Å². The molecule has 0 radical (unpaired) electrons. The molecule has 63 heavy (non-hydrogen) atoms. The van der Waals surface area contributed by atoms with Gasteiger partial charge in [-0.05, 0) is 57.3 Å². The van der Waals surface area contributed by atoms with Crippen LogP contribution in [0.15, 0.2) is 24.3 Å². The first-order chi connectivity index (χ1) is 30.1. The van der Waals surface area contributed by atoms with Crippen molar-refractivity contribution in [1.29, 1.82) is 0 Å². The molecule has 16 nitrogen and oxygen atoms in total. The van der Waals surface area contributed by atoms with Crippen LogP contribution in [0.4, 0.5) is 0 Å². The second-order valence-electron chi connectivity index (χ2n) is 18.1. The minimum absolute atomic E-state index is 0.0479. The highest BCUT2D eigenvalue weighted by Crippen LogP contribution is 2.41. The molecule has 1 N–H and O–H groups in total. The molecule has 0 aromatic rings. The number of allylic oxidation sites excluding steroid dienone is 3. The Balaban J connectivity index is 1.46. The van der Waals surface area contributed by atoms with E-state index < -0.39 is 103 Å². The number of methoxy groups -OCH3 is 1. The van der Waals surface area contributed by atoms with E-state index in [0.717, 1.165) is 0 Å². The third-order valence-electron chi connectivity index (χ3n) is 12.6. The summed E-state index contributed by atoms with van der Waals surface area (Å²) in [6.07, 6.45) is 2.52. The monoisotopic (exact) mass is 892 g/mol. The normalized spacial score (nSPS) is 39.6. The van der Waals surface area contributed by atoms with Crippen molar-refractivity contribution in [1.82, 2.24) is 0 Å². The summed E-state index contributed by atoms with van der Waals surface area (Å²) in [5, 5.41) is 12.3. The van der Waals surface area contributed by atoms with Crippen molar-refractivity contribution in [2.45, 2.75) is 223 Å². The second kappa shape index (κ2) is 23.7. The fourth-order valence-corrected chi connectivity index (χ4v) is 9.49. The molecule has 356 valence electrons. The second-order valence-corrected chi connectivity index (χ2v) is 18.1. The fourth-order valence-electron chi connectivity index (χ4n) is 9.49. The fraction of sp³-hybridized carbons (Fsp3) is 0.809. The average molecular weight is 893 g/mol. The Morgan fingerprint density at radius 3 is 2.00 bits per heavy atom. The van der Waals surface area contributed by atoms with E-state index in [4.69, 9.17) is 47.4 Å². The molecule has 0 spiro atoms. The molecule has 5 aliphatic heterocycles. The first-order valence-corrected chi connectivity index (χ1v) is 23.2. The summed E-state index contributed by atoms with van der Waals surface area (Å²) in [6, 6.07) is 0. The predicted octanol–water partition coefficient (Wildman–Crippen LogP) is 5.91. The maximum absolute atomic E-state index is 13.8. The van der Waals surface area contributed by atoms with Gasteiger partial charge in [0.1, 0.15) is 24.4 Å². The zero-order chi connectivity index (χ0) is 45.8. The number of hydrogen-bond acceptors (Lipinski definition) is 16. The Bertz CT molecular complexity index is 1600. The van der Waals surface area contributed by atoms with E-state index in [1.807, 2.05) is 32.9 Å². The van der Waals surface area contributed by atoms with Gasteiger partial charge in [0, 0.05) is 65.4 Å². The summed E-state index contributed by atoms with van der Waals surface area (Å²) in [4.78, 5) is 65.0. The molecule has 16 atom stereocenters. The van der Waals surface area contributed by atoms with Gasteiger partial charge in [0.2, 0.25) is 5.60 Å². The Morgan fingerprint density at radius 1 is 0.730 bits per heavy atom. The van der Waals surface area contributed by atoms with Crippen molar-refractivity contribution >= 4 is 29.8 Å². The first kappa shape index (κ1) is 50.6. The molecule has 0 unspecified atom stereocenters. The molecule has 0 saturated carbocycles. The van der Waals surface area contributed by atoms with Crippen LogP contribution in [0.25, 0.3) is 0 Å². The van der Waals surface area contributed by atoms with Crippen LogP contribution in [-0.2, 0) is 71.3 Å². The molecule has 0 aromatic heterocycles. The number of rotatable bonds is 13. The summed E-state index contributed by atoms with van der Waals surface area (Å²) in [6.45, 7) is 12.8. The van der Waals surface area contributed by atoms with E-state index in [2.05, 4.69) is 26.0 Å². The van der Waals surface area contributed by atoms with E-state index >= 15 is 0 Å². The van der Waals surface area contributed by atoms with Crippen LogP contribution in [0, 0.1) is 11.8 Å². The Labute approximate surface area is 372 Å². The first-order valence-electron chi connectivity index (χ1n) is 23.2. The van der Waals surface area contributed by atoms with Gasteiger partial charge in [0.05, 0.1) is 36.6 Å². The van der Waals surface area contributed by atoms with Crippen molar-refractivity contribution in [3.8, 4) is 0 Å². The van der Waals surface area contributed by atoms with E-state index in [-0.39, 0.29) is 69.0 Å². The third-order valence-corrected chi connectivity index (χ3v) is 12.6. The third kappa shape index (κ3) is 13.8. The van der Waals surface area contributed by atoms with Gasteiger partial charge in [0.25, 0.3) is 0 Å². The highest BCUT2D eigenvalue weighted by atomic mass is 16.7. The number of carbonyl (C=O) groups excluding carboxylic acids is 5. The van der Waals surface area contributed by atoms with Crippen molar-refractivity contribution in [3.05, 3.63) is 24.3 Å². The lowest BCUT2D eigenvalue weighted by molar-refractivity contribution is -0.319. The molecule has 5 heterocycles. The summed E-state index contributed by atoms with van der Waals surface area (Å²) in [5.41, 5.74) is -2.24. The molecule has 0 aromatic carbocycles. The van der Waals surface area contributed by atoms with Crippen LogP contribution in [0.2, 0.25) is 0 Å². The number of carbonyl (C=O) groups is 5. The zero-order valence-corrected chi connectivity index (χ0v) is 38.4. The van der Waals surface area contributed by atoms with Crippen LogP contribution >= 0.6 is 0 Å². The Kier molecular flexibility index (Phi) is 19.0. The lowest BCUT2D eigenvalue weighted by Crippen LogP contribution is -2.61. The van der Waals surface area contributed by atoms with E-state index in [1.165, 1.54) is 14.0 Å². The van der Waals surface area contributed by atoms with Crippen LogP contribution in [0.1, 0.15) is 138 Å². The smallest absolute Gasteiger partial charge is 0.342 e. The van der Waals surface area contributed by atoms with Crippen LogP contribution in [0.3, 0.4) is 0 Å². The average Bonchev–Trinajstić information content (AvgIpc) is 3.72. The predicted molar refractivity (Wildman–Crippen MR) is 226 cm³/mol. The molecule has 0 amide bonds. The lowest BCUT2D eigenvalue weighted by Gasteiger charge is -2.46. The van der Waals surface area contributed by atoms with Gasteiger partial charge in [-0.15, -0.1) is 0 Å². The van der Waals surface area contributed by atoms with Gasteiger partial charge in [0.15, 0.2) is 18.5 Å².